The number of nitrogens with zero attached hydrogens (tertiary/aromatic N) is 1. The molecule has 0 aromatic heterocycles. The molecule has 1 aromatic carbocycles. The standard InChI is InChI=1S/C10H14N2O4S2/c1-18(15,16)5-4-17-7-8-2-3-10(12(13)14)9(11)6-8/h2-3,6H,4-5,7,11H2,1H3. The summed E-state index contributed by atoms with van der Waals surface area (Å²) in [6.07, 6.45) is 1.19. The minimum atomic E-state index is -2.94. The summed E-state index contributed by atoms with van der Waals surface area (Å²) in [6, 6.07) is 4.54. The highest BCUT2D eigenvalue weighted by molar-refractivity contribution is 7.99. The first-order valence-corrected chi connectivity index (χ1v) is 8.29. The van der Waals surface area contributed by atoms with Crippen molar-refractivity contribution in [2.75, 3.05) is 23.5 Å². The Morgan fingerprint density at radius 1 is 1.44 bits per heavy atom. The summed E-state index contributed by atoms with van der Waals surface area (Å²) in [5, 5.41) is 10.6. The molecule has 2 N–H and O–H groups in total. The van der Waals surface area contributed by atoms with Crippen molar-refractivity contribution in [1.82, 2.24) is 0 Å². The Bertz CT molecular complexity index is 543. The van der Waals surface area contributed by atoms with E-state index in [0.29, 0.717) is 11.5 Å². The van der Waals surface area contributed by atoms with Crippen LogP contribution in [0, 0.1) is 10.1 Å². The van der Waals surface area contributed by atoms with Crippen LogP contribution in [-0.4, -0.2) is 31.1 Å². The number of thioether (sulfide) groups is 1. The quantitative estimate of drug-likeness (QED) is 0.368. The summed E-state index contributed by atoms with van der Waals surface area (Å²) >= 11 is 1.45. The Labute approximate surface area is 110 Å². The van der Waals surface area contributed by atoms with Gasteiger partial charge in [0.25, 0.3) is 5.69 Å². The van der Waals surface area contributed by atoms with Crippen LogP contribution < -0.4 is 5.73 Å². The van der Waals surface area contributed by atoms with Gasteiger partial charge in [-0.2, -0.15) is 11.8 Å². The zero-order valence-electron chi connectivity index (χ0n) is 9.83. The highest BCUT2D eigenvalue weighted by Gasteiger charge is 2.11. The number of nitro benzene ring substituents is 1. The number of nitrogen functional groups attached to an aromatic ring is 1. The van der Waals surface area contributed by atoms with Gasteiger partial charge in [-0.1, -0.05) is 6.07 Å². The maximum Gasteiger partial charge on any atom is 0.292 e. The lowest BCUT2D eigenvalue weighted by molar-refractivity contribution is -0.383. The fraction of sp³-hybridized carbons (Fsp3) is 0.400. The largest absolute Gasteiger partial charge is 0.393 e. The maximum atomic E-state index is 10.9. The van der Waals surface area contributed by atoms with Gasteiger partial charge in [-0.05, 0) is 11.6 Å². The Morgan fingerprint density at radius 3 is 2.61 bits per heavy atom. The van der Waals surface area contributed by atoms with E-state index in [4.69, 9.17) is 5.73 Å². The van der Waals surface area contributed by atoms with Crippen molar-refractivity contribution in [3.05, 3.63) is 33.9 Å². The minimum Gasteiger partial charge on any atom is -0.393 e. The molecule has 100 valence electrons. The van der Waals surface area contributed by atoms with Crippen molar-refractivity contribution in [1.29, 1.82) is 0 Å². The van der Waals surface area contributed by atoms with Gasteiger partial charge >= 0.3 is 0 Å². The number of nitro groups is 1. The van der Waals surface area contributed by atoms with Crippen LogP contribution in [-0.2, 0) is 15.6 Å². The van der Waals surface area contributed by atoms with Crippen LogP contribution in [0.3, 0.4) is 0 Å². The summed E-state index contributed by atoms with van der Waals surface area (Å²) in [5.41, 5.74) is 6.41. The Morgan fingerprint density at radius 2 is 2.11 bits per heavy atom. The molecule has 0 aliphatic heterocycles. The van der Waals surface area contributed by atoms with Gasteiger partial charge in [0, 0.05) is 23.8 Å². The van der Waals surface area contributed by atoms with E-state index in [-0.39, 0.29) is 17.1 Å². The van der Waals surface area contributed by atoms with Crippen molar-refractivity contribution < 1.29 is 13.3 Å². The average Bonchev–Trinajstić information content (AvgIpc) is 2.22. The molecule has 0 atom stereocenters. The summed E-state index contributed by atoms with van der Waals surface area (Å²) in [5.74, 6) is 1.20. The van der Waals surface area contributed by atoms with Crippen molar-refractivity contribution in [3.8, 4) is 0 Å². The van der Waals surface area contributed by atoms with Gasteiger partial charge in [-0.3, -0.25) is 10.1 Å². The number of rotatable bonds is 6. The molecule has 1 rings (SSSR count). The molecule has 0 unspecified atom stereocenters. The lowest BCUT2D eigenvalue weighted by Crippen LogP contribution is -2.05. The molecule has 0 amide bonds. The van der Waals surface area contributed by atoms with E-state index in [1.165, 1.54) is 24.1 Å². The molecule has 0 heterocycles. The van der Waals surface area contributed by atoms with Crippen molar-refractivity contribution in [2.24, 2.45) is 0 Å². The van der Waals surface area contributed by atoms with Crippen LogP contribution in [0.1, 0.15) is 5.56 Å². The maximum absolute atomic E-state index is 10.9. The monoisotopic (exact) mass is 290 g/mol. The smallest absolute Gasteiger partial charge is 0.292 e. The normalized spacial score (nSPS) is 11.4. The average molecular weight is 290 g/mol. The molecule has 8 heteroatoms. The second-order valence-corrected chi connectivity index (χ2v) is 7.20. The third-order valence-corrected chi connectivity index (χ3v) is 4.39. The van der Waals surface area contributed by atoms with Crippen LogP contribution in [0.15, 0.2) is 18.2 Å². The van der Waals surface area contributed by atoms with Crippen molar-refractivity contribution >= 4 is 33.0 Å². The second kappa shape index (κ2) is 6.05. The summed E-state index contributed by atoms with van der Waals surface area (Å²) in [7, 11) is -2.94. The highest BCUT2D eigenvalue weighted by Crippen LogP contribution is 2.24. The zero-order chi connectivity index (χ0) is 13.8. The first-order valence-electron chi connectivity index (χ1n) is 5.08. The lowest BCUT2D eigenvalue weighted by atomic mass is 10.2. The van der Waals surface area contributed by atoms with Crippen LogP contribution in [0.5, 0.6) is 0 Å². The van der Waals surface area contributed by atoms with E-state index in [9.17, 15) is 18.5 Å². The molecule has 1 aromatic rings. The number of sulfone groups is 1. The Balaban J connectivity index is 2.54. The van der Waals surface area contributed by atoms with Crippen molar-refractivity contribution in [2.45, 2.75) is 5.75 Å². The summed E-state index contributed by atoms with van der Waals surface area (Å²) in [6.45, 7) is 0. The van der Waals surface area contributed by atoms with Gasteiger partial charge in [0.15, 0.2) is 0 Å². The molecule has 0 saturated heterocycles. The van der Waals surface area contributed by atoms with E-state index in [2.05, 4.69) is 0 Å². The van der Waals surface area contributed by atoms with Crippen LogP contribution in [0.2, 0.25) is 0 Å². The zero-order valence-corrected chi connectivity index (χ0v) is 11.5. The molecule has 0 bridgehead atoms. The Hall–Kier alpha value is -1.28. The first-order chi connectivity index (χ1) is 8.29. The third-order valence-electron chi connectivity index (χ3n) is 2.16. The molecule has 0 spiro atoms. The molecule has 6 nitrogen and oxygen atoms in total. The van der Waals surface area contributed by atoms with Gasteiger partial charge in [-0.25, -0.2) is 8.42 Å². The fourth-order valence-corrected chi connectivity index (χ4v) is 3.50. The van der Waals surface area contributed by atoms with Crippen LogP contribution in [0.25, 0.3) is 0 Å². The number of benzene rings is 1. The molecule has 18 heavy (non-hydrogen) atoms. The van der Waals surface area contributed by atoms with Gasteiger partial charge in [0.05, 0.1) is 10.7 Å². The Kier molecular flexibility index (Phi) is 4.97. The molecular formula is C10H14N2O4S2. The first kappa shape index (κ1) is 14.8. The predicted molar refractivity (Wildman–Crippen MR) is 73.4 cm³/mol. The summed E-state index contributed by atoms with van der Waals surface area (Å²) < 4.78 is 21.8. The van der Waals surface area contributed by atoms with E-state index in [1.807, 2.05) is 0 Å². The van der Waals surface area contributed by atoms with Crippen molar-refractivity contribution in [3.63, 3.8) is 0 Å². The topological polar surface area (TPSA) is 103 Å². The minimum absolute atomic E-state index is 0.111. The van der Waals surface area contributed by atoms with E-state index < -0.39 is 14.8 Å². The van der Waals surface area contributed by atoms with Gasteiger partial charge in [-0.15, -0.1) is 0 Å². The molecule has 0 saturated carbocycles. The molecule has 0 aliphatic carbocycles. The van der Waals surface area contributed by atoms with Gasteiger partial charge in [0.2, 0.25) is 0 Å². The molecule has 0 fully saturated rings. The third kappa shape index (κ3) is 4.92. The molecule has 0 aliphatic rings. The van der Waals surface area contributed by atoms with Crippen LogP contribution in [0.4, 0.5) is 11.4 Å². The number of hydrogen-bond donors (Lipinski definition) is 1. The SMILES string of the molecule is CS(=O)(=O)CCSCc1ccc([N+](=O)[O-])c(N)c1. The summed E-state index contributed by atoms with van der Waals surface area (Å²) in [4.78, 5) is 10.0. The lowest BCUT2D eigenvalue weighted by Gasteiger charge is -2.03. The number of anilines is 1. The van der Waals surface area contributed by atoms with Gasteiger partial charge in [0.1, 0.15) is 15.5 Å². The second-order valence-electron chi connectivity index (χ2n) is 3.83. The van der Waals surface area contributed by atoms with Crippen LogP contribution >= 0.6 is 11.8 Å². The van der Waals surface area contributed by atoms with Gasteiger partial charge < -0.3 is 5.73 Å². The molecular weight excluding hydrogens is 276 g/mol. The predicted octanol–water partition coefficient (Wildman–Crippen LogP) is 1.45. The molecule has 0 radical (unpaired) electrons. The number of nitrogens with two attached hydrogens (primary N) is 1. The number of hydrogen-bond acceptors (Lipinski definition) is 6. The van der Waals surface area contributed by atoms with E-state index >= 15 is 0 Å². The van der Waals surface area contributed by atoms with E-state index in [1.54, 1.807) is 12.1 Å². The fourth-order valence-electron chi connectivity index (χ4n) is 1.26. The van der Waals surface area contributed by atoms with E-state index in [0.717, 1.165) is 5.56 Å². The highest BCUT2D eigenvalue weighted by atomic mass is 32.2.